The van der Waals surface area contributed by atoms with Crippen LogP contribution in [0.4, 0.5) is 20.4 Å². The van der Waals surface area contributed by atoms with E-state index in [1.165, 1.54) is 5.56 Å². The third-order valence-electron chi connectivity index (χ3n) is 3.91. The number of hydrogen-bond donors (Lipinski definition) is 1. The van der Waals surface area contributed by atoms with Crippen LogP contribution in [0.2, 0.25) is 0 Å². The van der Waals surface area contributed by atoms with Crippen LogP contribution < -0.4 is 10.2 Å². The van der Waals surface area contributed by atoms with Gasteiger partial charge in [0.05, 0.1) is 0 Å². The molecule has 1 aliphatic heterocycles. The van der Waals surface area contributed by atoms with Crippen molar-refractivity contribution in [3.05, 3.63) is 53.6 Å². The lowest BCUT2D eigenvalue weighted by Crippen LogP contribution is -2.22. The molecule has 1 unspecified atom stereocenters. The van der Waals surface area contributed by atoms with Crippen LogP contribution in [0.25, 0.3) is 0 Å². The SMILES string of the molecule is CNc1nc(N2CCC(c3ccccc3)C2)c(F)cc1F. The Morgan fingerprint density at radius 2 is 1.95 bits per heavy atom. The van der Waals surface area contributed by atoms with Crippen LogP contribution in [0.1, 0.15) is 17.9 Å². The van der Waals surface area contributed by atoms with E-state index in [1.54, 1.807) is 7.05 Å². The van der Waals surface area contributed by atoms with Crippen molar-refractivity contribution < 1.29 is 8.78 Å². The van der Waals surface area contributed by atoms with Gasteiger partial charge in [-0.1, -0.05) is 30.3 Å². The van der Waals surface area contributed by atoms with Gasteiger partial charge in [-0.15, -0.1) is 0 Å². The van der Waals surface area contributed by atoms with E-state index < -0.39 is 11.6 Å². The summed E-state index contributed by atoms with van der Waals surface area (Å²) in [6, 6.07) is 11.1. The molecule has 1 aromatic carbocycles. The van der Waals surface area contributed by atoms with Gasteiger partial charge >= 0.3 is 0 Å². The molecule has 1 aliphatic rings. The summed E-state index contributed by atoms with van der Waals surface area (Å²) in [7, 11) is 1.57. The van der Waals surface area contributed by atoms with E-state index in [2.05, 4.69) is 22.4 Å². The Hall–Kier alpha value is -2.17. The standard InChI is InChI=1S/C16H17F2N3/c1-19-15-13(17)9-14(18)16(20-15)21-8-7-12(10-21)11-5-3-2-4-6-11/h2-6,9,12H,7-8,10H2,1H3,(H,19,20). The summed E-state index contributed by atoms with van der Waals surface area (Å²) >= 11 is 0. The number of benzene rings is 1. The minimum absolute atomic E-state index is 0.0783. The van der Waals surface area contributed by atoms with E-state index in [1.807, 2.05) is 23.1 Å². The maximum absolute atomic E-state index is 14.0. The molecule has 2 aromatic rings. The molecule has 3 rings (SSSR count). The van der Waals surface area contributed by atoms with Crippen molar-refractivity contribution >= 4 is 11.6 Å². The Morgan fingerprint density at radius 1 is 1.19 bits per heavy atom. The van der Waals surface area contributed by atoms with Gasteiger partial charge in [-0.25, -0.2) is 13.8 Å². The Balaban J connectivity index is 1.83. The van der Waals surface area contributed by atoms with Crippen LogP contribution in [0, 0.1) is 11.6 Å². The van der Waals surface area contributed by atoms with Crippen LogP contribution in [0.5, 0.6) is 0 Å². The Kier molecular flexibility index (Phi) is 3.73. The van der Waals surface area contributed by atoms with Crippen molar-refractivity contribution in [3.8, 4) is 0 Å². The van der Waals surface area contributed by atoms with Crippen molar-refractivity contribution in [2.75, 3.05) is 30.4 Å². The summed E-state index contributed by atoms with van der Waals surface area (Å²) in [5.41, 5.74) is 1.25. The lowest BCUT2D eigenvalue weighted by molar-refractivity contribution is 0.573. The first-order valence-electron chi connectivity index (χ1n) is 7.02. The molecule has 0 amide bonds. The van der Waals surface area contributed by atoms with Crippen molar-refractivity contribution in [1.29, 1.82) is 0 Å². The predicted molar refractivity (Wildman–Crippen MR) is 79.7 cm³/mol. The van der Waals surface area contributed by atoms with Gasteiger partial charge in [0.1, 0.15) is 0 Å². The van der Waals surface area contributed by atoms with Crippen molar-refractivity contribution in [3.63, 3.8) is 0 Å². The summed E-state index contributed by atoms with van der Waals surface area (Å²) < 4.78 is 27.5. The third-order valence-corrected chi connectivity index (χ3v) is 3.91. The highest BCUT2D eigenvalue weighted by Crippen LogP contribution is 2.32. The second-order valence-electron chi connectivity index (χ2n) is 5.22. The Labute approximate surface area is 122 Å². The number of anilines is 2. The first kappa shape index (κ1) is 13.8. The lowest BCUT2D eigenvalue weighted by atomic mass is 9.99. The molecule has 1 N–H and O–H groups in total. The van der Waals surface area contributed by atoms with Gasteiger partial charge in [0.25, 0.3) is 0 Å². The summed E-state index contributed by atoms with van der Waals surface area (Å²) in [6.07, 6.45) is 0.942. The van der Waals surface area contributed by atoms with E-state index in [0.29, 0.717) is 12.5 Å². The molecule has 0 spiro atoms. The van der Waals surface area contributed by atoms with Gasteiger partial charge in [0.15, 0.2) is 23.3 Å². The zero-order valence-corrected chi connectivity index (χ0v) is 11.8. The fraction of sp³-hybridized carbons (Fsp3) is 0.312. The molecule has 0 radical (unpaired) electrons. The summed E-state index contributed by atoms with van der Waals surface area (Å²) in [4.78, 5) is 5.95. The van der Waals surface area contributed by atoms with E-state index in [-0.39, 0.29) is 11.6 Å². The van der Waals surface area contributed by atoms with Crippen LogP contribution in [0.15, 0.2) is 36.4 Å². The number of halogens is 2. The Bertz CT molecular complexity index is 631. The highest BCUT2D eigenvalue weighted by atomic mass is 19.1. The molecule has 2 heterocycles. The molecule has 3 nitrogen and oxygen atoms in total. The normalized spacial score (nSPS) is 18.0. The number of nitrogens with zero attached hydrogens (tertiary/aromatic N) is 2. The Morgan fingerprint density at radius 3 is 2.67 bits per heavy atom. The molecule has 5 heteroatoms. The number of aromatic nitrogens is 1. The molecular formula is C16H17F2N3. The van der Waals surface area contributed by atoms with E-state index in [4.69, 9.17) is 0 Å². The van der Waals surface area contributed by atoms with Crippen LogP contribution in [-0.4, -0.2) is 25.1 Å². The first-order valence-corrected chi connectivity index (χ1v) is 7.02. The molecule has 1 atom stereocenters. The second-order valence-corrected chi connectivity index (χ2v) is 5.22. The smallest absolute Gasteiger partial charge is 0.168 e. The zero-order valence-electron chi connectivity index (χ0n) is 11.8. The number of rotatable bonds is 3. The molecular weight excluding hydrogens is 272 g/mol. The monoisotopic (exact) mass is 289 g/mol. The highest BCUT2D eigenvalue weighted by molar-refractivity contribution is 5.50. The molecule has 0 bridgehead atoms. The highest BCUT2D eigenvalue weighted by Gasteiger charge is 2.27. The molecule has 1 fully saturated rings. The van der Waals surface area contributed by atoms with Gasteiger partial charge in [0, 0.05) is 32.1 Å². The summed E-state index contributed by atoms with van der Waals surface area (Å²) in [6.45, 7) is 1.42. The van der Waals surface area contributed by atoms with Crippen LogP contribution in [-0.2, 0) is 0 Å². The third kappa shape index (κ3) is 2.68. The van der Waals surface area contributed by atoms with Crippen molar-refractivity contribution in [2.45, 2.75) is 12.3 Å². The topological polar surface area (TPSA) is 28.2 Å². The molecule has 21 heavy (non-hydrogen) atoms. The molecule has 0 saturated carbocycles. The van der Waals surface area contributed by atoms with E-state index in [9.17, 15) is 8.78 Å². The predicted octanol–water partition coefficient (Wildman–Crippen LogP) is 3.40. The van der Waals surface area contributed by atoms with Gasteiger partial charge in [-0.05, 0) is 12.0 Å². The number of nitrogens with one attached hydrogen (secondary N) is 1. The van der Waals surface area contributed by atoms with Gasteiger partial charge in [0.2, 0.25) is 0 Å². The fourth-order valence-electron chi connectivity index (χ4n) is 2.80. The maximum Gasteiger partial charge on any atom is 0.168 e. The quantitative estimate of drug-likeness (QED) is 0.938. The van der Waals surface area contributed by atoms with Gasteiger partial charge < -0.3 is 10.2 Å². The minimum atomic E-state index is -0.669. The fourth-order valence-corrected chi connectivity index (χ4v) is 2.80. The molecule has 1 saturated heterocycles. The average molecular weight is 289 g/mol. The lowest BCUT2D eigenvalue weighted by Gasteiger charge is -2.19. The average Bonchev–Trinajstić information content (AvgIpc) is 2.98. The van der Waals surface area contributed by atoms with Crippen molar-refractivity contribution in [1.82, 2.24) is 4.98 Å². The second kappa shape index (κ2) is 5.68. The zero-order chi connectivity index (χ0) is 14.8. The molecule has 1 aromatic heterocycles. The van der Waals surface area contributed by atoms with E-state index >= 15 is 0 Å². The van der Waals surface area contributed by atoms with Crippen LogP contribution >= 0.6 is 0 Å². The molecule has 0 aliphatic carbocycles. The van der Waals surface area contributed by atoms with Crippen molar-refractivity contribution in [2.24, 2.45) is 0 Å². The maximum atomic E-state index is 14.0. The summed E-state index contributed by atoms with van der Waals surface area (Å²) in [5, 5.41) is 2.65. The number of hydrogen-bond acceptors (Lipinski definition) is 3. The van der Waals surface area contributed by atoms with E-state index in [0.717, 1.165) is 19.0 Å². The molecule has 110 valence electrons. The van der Waals surface area contributed by atoms with Gasteiger partial charge in [-0.2, -0.15) is 0 Å². The largest absolute Gasteiger partial charge is 0.371 e. The minimum Gasteiger partial charge on any atom is -0.371 e. The van der Waals surface area contributed by atoms with Gasteiger partial charge in [-0.3, -0.25) is 0 Å². The summed E-state index contributed by atoms with van der Waals surface area (Å²) in [5.74, 6) is -0.623. The van der Waals surface area contributed by atoms with Crippen LogP contribution in [0.3, 0.4) is 0 Å². The number of pyridine rings is 1. The first-order chi connectivity index (χ1) is 10.2.